The maximum Gasteiger partial charge on any atom is 0.0726 e. The van der Waals surface area contributed by atoms with Crippen LogP contribution >= 0.6 is 0 Å². The van der Waals surface area contributed by atoms with Crippen LogP contribution in [0, 0.1) is 17.5 Å². The van der Waals surface area contributed by atoms with Gasteiger partial charge in [-0.05, 0) is 120 Å². The molecule has 8 aromatic rings. The Morgan fingerprint density at radius 1 is 0.541 bits per heavy atom. The Bertz CT molecular complexity index is 3200. The highest BCUT2D eigenvalue weighted by Crippen LogP contribution is 2.63. The molecule has 61 heavy (non-hydrogen) atoms. The van der Waals surface area contributed by atoms with E-state index in [0.717, 1.165) is 34.5 Å². The number of pyridine rings is 1. The molecule has 0 radical (unpaired) electrons. The van der Waals surface area contributed by atoms with E-state index in [2.05, 4.69) is 227 Å². The Balaban J connectivity index is 1.17. The van der Waals surface area contributed by atoms with Crippen molar-refractivity contribution in [2.24, 2.45) is 5.41 Å². The van der Waals surface area contributed by atoms with E-state index in [4.69, 9.17) is 4.98 Å². The first kappa shape index (κ1) is 35.7. The fourth-order valence-corrected chi connectivity index (χ4v) is 11.1. The van der Waals surface area contributed by atoms with Crippen LogP contribution in [0.2, 0.25) is 0 Å². The minimum atomic E-state index is -0.563. The summed E-state index contributed by atoms with van der Waals surface area (Å²) in [6.45, 7) is 7.07. The molecule has 12 rings (SSSR count). The van der Waals surface area contributed by atoms with E-state index in [1.54, 1.807) is 0 Å². The van der Waals surface area contributed by atoms with E-state index in [1.807, 2.05) is 0 Å². The zero-order valence-electron chi connectivity index (χ0n) is 34.6. The monoisotopic (exact) mass is 777 g/mol. The Morgan fingerprint density at radius 3 is 2.00 bits per heavy atom. The van der Waals surface area contributed by atoms with Crippen molar-refractivity contribution in [3.8, 4) is 44.8 Å². The quantitative estimate of drug-likeness (QED) is 0.173. The third-order valence-electron chi connectivity index (χ3n) is 14.1. The van der Waals surface area contributed by atoms with Crippen molar-refractivity contribution < 1.29 is 0 Å². The van der Waals surface area contributed by atoms with Crippen LogP contribution in [0.4, 0.5) is 0 Å². The molecular weight excluding hydrogens is 735 g/mol. The maximum absolute atomic E-state index is 5.30. The van der Waals surface area contributed by atoms with Crippen molar-refractivity contribution in [1.82, 2.24) is 4.98 Å². The molecule has 0 aliphatic heterocycles. The molecule has 1 heterocycles. The zero-order chi connectivity index (χ0) is 40.9. The summed E-state index contributed by atoms with van der Waals surface area (Å²) >= 11 is 0. The molecule has 7 aromatic carbocycles. The first-order chi connectivity index (χ1) is 29.8. The minimum Gasteiger partial charge on any atom is -0.248 e. The summed E-state index contributed by atoms with van der Waals surface area (Å²) in [4.78, 5) is 5.30. The molecule has 4 aliphatic carbocycles. The average molecular weight is 778 g/mol. The van der Waals surface area contributed by atoms with Crippen LogP contribution in [0.3, 0.4) is 0 Å². The Hall–Kier alpha value is -7.27. The summed E-state index contributed by atoms with van der Waals surface area (Å²) in [6.07, 6.45) is 10.7. The van der Waals surface area contributed by atoms with Crippen LogP contribution in [-0.4, -0.2) is 4.98 Å². The van der Waals surface area contributed by atoms with Gasteiger partial charge in [-0.1, -0.05) is 191 Å². The van der Waals surface area contributed by atoms with Gasteiger partial charge < -0.3 is 0 Å². The lowest BCUT2D eigenvalue weighted by Crippen LogP contribution is -2.40. The summed E-state index contributed by atoms with van der Waals surface area (Å²) in [5.74, 6) is 0. The topological polar surface area (TPSA) is 12.9 Å². The van der Waals surface area contributed by atoms with Gasteiger partial charge in [0.25, 0.3) is 0 Å². The van der Waals surface area contributed by atoms with Crippen LogP contribution in [0.1, 0.15) is 66.1 Å². The van der Waals surface area contributed by atoms with Gasteiger partial charge in [0, 0.05) is 27.5 Å². The number of fused-ring (bicyclic) bond motifs is 11. The first-order valence-electron chi connectivity index (χ1n) is 21.5. The van der Waals surface area contributed by atoms with Crippen molar-refractivity contribution >= 4 is 17.2 Å². The van der Waals surface area contributed by atoms with Gasteiger partial charge >= 0.3 is 0 Å². The van der Waals surface area contributed by atoms with Gasteiger partial charge in [-0.25, -0.2) is 4.98 Å². The second kappa shape index (κ2) is 13.1. The van der Waals surface area contributed by atoms with E-state index >= 15 is 0 Å². The lowest BCUT2D eigenvalue weighted by Gasteiger charge is -2.45. The molecule has 0 saturated carbocycles. The zero-order valence-corrected chi connectivity index (χ0v) is 34.6. The normalized spacial score (nSPS) is 18.0. The number of nitrogens with zero attached hydrogens (tertiary/aromatic N) is 1. The van der Waals surface area contributed by atoms with Crippen molar-refractivity contribution in [2.75, 3.05) is 0 Å². The van der Waals surface area contributed by atoms with E-state index in [9.17, 15) is 0 Å². The summed E-state index contributed by atoms with van der Waals surface area (Å²) in [5, 5.41) is 2.65. The molecule has 0 N–H and O–H groups in total. The largest absolute Gasteiger partial charge is 0.248 e. The highest BCUT2D eigenvalue weighted by molar-refractivity contribution is 5.99. The molecule has 2 unspecified atom stereocenters. The second-order valence-electron chi connectivity index (χ2n) is 17.9. The lowest BCUT2D eigenvalue weighted by molar-refractivity contribution is 0.564. The molecule has 1 nitrogen and oxygen atoms in total. The van der Waals surface area contributed by atoms with E-state index < -0.39 is 5.41 Å². The third kappa shape index (κ3) is 5.12. The summed E-state index contributed by atoms with van der Waals surface area (Å²) < 4.78 is 0. The molecular formula is C60H43N. The smallest absolute Gasteiger partial charge is 0.0726 e. The van der Waals surface area contributed by atoms with Gasteiger partial charge in [-0.2, -0.15) is 0 Å². The molecule has 1 heteroatoms. The molecule has 1 spiro atoms. The van der Waals surface area contributed by atoms with Gasteiger partial charge in [-0.15, -0.1) is 0 Å². The predicted octanol–water partition coefficient (Wildman–Crippen LogP) is 12.7. The summed E-state index contributed by atoms with van der Waals surface area (Å²) in [5.41, 5.74) is 19.7. The number of rotatable bonds is 4. The van der Waals surface area contributed by atoms with Gasteiger partial charge in [0.05, 0.1) is 16.8 Å². The fraction of sp³-hybridized carbons (Fsp3) is 0.117. The Labute approximate surface area is 358 Å². The van der Waals surface area contributed by atoms with Gasteiger partial charge in [0.1, 0.15) is 0 Å². The molecule has 0 fully saturated rings. The Kier molecular flexibility index (Phi) is 7.67. The molecule has 2 atom stereocenters. The number of allylic oxidation sites excluding steroid dienone is 4. The standard InChI is InChI=1S/C60H43N/c1-58(2)49-24-12-14-26-51(49)60(52-27-15-13-25-50(52)58)48-30-29-42(43-32-34-59(3)33-31-39-17-10-11-22-45(39)54(59)36-43)35-47(48)57-46(23-16-28-53(57)60)44-37-55(40-18-6-4-7-19-40)61-56(38-44)41-20-8-5-9-21-41/h4-12,14-24,26-32,34-38H,33H2,1-3H3. The summed E-state index contributed by atoms with van der Waals surface area (Å²) in [7, 11) is 0. The van der Waals surface area contributed by atoms with Crippen LogP contribution in [0.25, 0.3) is 62.0 Å². The number of hydrogen-bond acceptors (Lipinski definition) is 1. The highest BCUT2D eigenvalue weighted by atomic mass is 14.7. The maximum atomic E-state index is 5.30. The SMILES string of the molecule is CC12C=CC(c3ccc4c(c3)-c3c(-c5cc(-c6ccccc6)nc(-c6ccccc6)c5)cccc3C43c4ccc#cc4C(C)(C)c4ccccc43)=CC1=c1ccccc1=CC2. The lowest BCUT2D eigenvalue weighted by atomic mass is 9.56. The van der Waals surface area contributed by atoms with Gasteiger partial charge in [-0.3, -0.25) is 0 Å². The summed E-state index contributed by atoms with van der Waals surface area (Å²) in [6, 6.07) is 69.5. The van der Waals surface area contributed by atoms with Gasteiger partial charge in [0.2, 0.25) is 0 Å². The first-order valence-corrected chi connectivity index (χ1v) is 21.5. The minimum absolute atomic E-state index is 0.0392. The molecule has 4 aliphatic rings. The van der Waals surface area contributed by atoms with Crippen molar-refractivity contribution in [1.29, 1.82) is 0 Å². The van der Waals surface area contributed by atoms with Crippen molar-refractivity contribution in [3.05, 3.63) is 250 Å². The highest BCUT2D eigenvalue weighted by Gasteiger charge is 2.54. The Morgan fingerprint density at radius 2 is 1.23 bits per heavy atom. The molecule has 0 saturated heterocycles. The van der Waals surface area contributed by atoms with Gasteiger partial charge in [0.15, 0.2) is 0 Å². The van der Waals surface area contributed by atoms with Crippen molar-refractivity contribution in [3.63, 3.8) is 0 Å². The number of hydrogen-bond donors (Lipinski definition) is 0. The average Bonchev–Trinajstić information content (AvgIpc) is 3.61. The van der Waals surface area contributed by atoms with Crippen LogP contribution in [0.5, 0.6) is 0 Å². The fourth-order valence-electron chi connectivity index (χ4n) is 11.1. The van der Waals surface area contributed by atoms with Crippen molar-refractivity contribution in [2.45, 2.75) is 38.0 Å². The van der Waals surface area contributed by atoms with E-state index in [-0.39, 0.29) is 10.8 Å². The molecule has 288 valence electrons. The van der Waals surface area contributed by atoms with E-state index in [1.165, 1.54) is 77.2 Å². The van der Waals surface area contributed by atoms with Crippen LogP contribution in [0.15, 0.2) is 188 Å². The van der Waals surface area contributed by atoms with E-state index in [0.29, 0.717) is 0 Å². The third-order valence-corrected chi connectivity index (χ3v) is 14.1. The van der Waals surface area contributed by atoms with Crippen LogP contribution < -0.4 is 10.4 Å². The second-order valence-corrected chi connectivity index (χ2v) is 17.9. The molecule has 0 amide bonds. The van der Waals surface area contributed by atoms with Crippen LogP contribution in [-0.2, 0) is 10.8 Å². The molecule has 0 bridgehead atoms. The number of aromatic nitrogens is 1. The predicted molar refractivity (Wildman–Crippen MR) is 251 cm³/mol. The number of benzene rings is 6. The molecule has 1 aromatic heterocycles.